The van der Waals surface area contributed by atoms with Crippen molar-refractivity contribution < 1.29 is 28.5 Å². The first-order valence-corrected chi connectivity index (χ1v) is 8.76. The minimum absolute atomic E-state index is 0.144. The van der Waals surface area contributed by atoms with Gasteiger partial charge in [-0.25, -0.2) is 13.6 Å². The number of aliphatic hydroxyl groups excluding tert-OH is 2. The molecule has 1 aromatic heterocycles. The first-order valence-electron chi connectivity index (χ1n) is 8.76. The maximum Gasteiger partial charge on any atom is 0.328 e. The SMILES string of the molecule is O=C(Cc1c(F)cccc1F)N[C@@H]1CO[C@H](Cn2ccc(=O)[nH]c2=O)[C@@H](O)[C@H]1O. The molecule has 1 amide bonds. The van der Waals surface area contributed by atoms with Crippen molar-refractivity contribution in [2.75, 3.05) is 6.61 Å². The summed E-state index contributed by atoms with van der Waals surface area (Å²) in [6, 6.07) is 3.33. The van der Waals surface area contributed by atoms with Gasteiger partial charge in [0.2, 0.25) is 5.91 Å². The van der Waals surface area contributed by atoms with Gasteiger partial charge in [-0.15, -0.1) is 0 Å². The highest BCUT2D eigenvalue weighted by Gasteiger charge is 2.39. The molecule has 0 bridgehead atoms. The van der Waals surface area contributed by atoms with E-state index in [1.54, 1.807) is 0 Å². The van der Waals surface area contributed by atoms with Crippen LogP contribution in [0, 0.1) is 11.6 Å². The summed E-state index contributed by atoms with van der Waals surface area (Å²) >= 11 is 0. The molecule has 1 saturated heterocycles. The molecule has 0 spiro atoms. The zero-order chi connectivity index (χ0) is 21.1. The lowest BCUT2D eigenvalue weighted by Crippen LogP contribution is -2.60. The predicted octanol–water partition coefficient (Wildman–Crippen LogP) is -1.34. The van der Waals surface area contributed by atoms with Crippen LogP contribution in [0.4, 0.5) is 8.78 Å². The van der Waals surface area contributed by atoms with Gasteiger partial charge in [0.05, 0.1) is 25.6 Å². The number of rotatable bonds is 5. The fourth-order valence-electron chi connectivity index (χ4n) is 3.07. The standard InChI is InChI=1S/C18H19F2N3O6/c19-10-2-1-3-11(20)9(10)6-15(25)21-12-8-29-13(17(27)16(12)26)7-23-5-4-14(24)22-18(23)28/h1-5,12-13,16-17,26-27H,6-8H2,(H,21,25)(H,22,24,28)/t12-,13-,16+,17-/m1/s1. The van der Waals surface area contributed by atoms with Gasteiger partial charge in [-0.1, -0.05) is 6.07 Å². The number of nitrogens with zero attached hydrogens (tertiary/aromatic N) is 1. The van der Waals surface area contributed by atoms with Gasteiger partial charge in [0.15, 0.2) is 0 Å². The molecule has 1 aromatic carbocycles. The van der Waals surface area contributed by atoms with Crippen LogP contribution in [0.2, 0.25) is 0 Å². The zero-order valence-corrected chi connectivity index (χ0v) is 15.0. The second-order valence-corrected chi connectivity index (χ2v) is 6.67. The molecule has 2 heterocycles. The van der Waals surface area contributed by atoms with Crippen LogP contribution < -0.4 is 16.6 Å². The van der Waals surface area contributed by atoms with E-state index in [0.717, 1.165) is 22.8 Å². The second kappa shape index (κ2) is 8.64. The molecule has 1 aliphatic rings. The average molecular weight is 411 g/mol. The minimum atomic E-state index is -1.46. The third-order valence-corrected chi connectivity index (χ3v) is 4.65. The number of hydrogen-bond donors (Lipinski definition) is 4. The lowest BCUT2D eigenvalue weighted by Gasteiger charge is -2.38. The number of aromatic amines is 1. The number of halogens is 2. The number of aromatic nitrogens is 2. The summed E-state index contributed by atoms with van der Waals surface area (Å²) in [5, 5.41) is 22.9. The van der Waals surface area contributed by atoms with Gasteiger partial charge in [0.1, 0.15) is 29.9 Å². The summed E-state index contributed by atoms with van der Waals surface area (Å²) < 4.78 is 33.9. The number of nitrogens with one attached hydrogen (secondary N) is 2. The van der Waals surface area contributed by atoms with Crippen LogP contribution in [0.1, 0.15) is 5.56 Å². The van der Waals surface area contributed by atoms with E-state index in [0.29, 0.717) is 0 Å². The summed E-state index contributed by atoms with van der Waals surface area (Å²) in [4.78, 5) is 37.0. The maximum atomic E-state index is 13.7. The molecular formula is C18H19F2N3O6. The monoisotopic (exact) mass is 411 g/mol. The van der Waals surface area contributed by atoms with Gasteiger partial charge in [-0.05, 0) is 12.1 Å². The molecule has 2 aromatic rings. The Balaban J connectivity index is 1.62. The lowest BCUT2D eigenvalue weighted by atomic mass is 9.97. The Bertz CT molecular complexity index is 987. The van der Waals surface area contributed by atoms with Crippen molar-refractivity contribution in [2.45, 2.75) is 37.3 Å². The van der Waals surface area contributed by atoms with Crippen molar-refractivity contribution in [3.63, 3.8) is 0 Å². The van der Waals surface area contributed by atoms with Crippen LogP contribution in [0.25, 0.3) is 0 Å². The topological polar surface area (TPSA) is 134 Å². The van der Waals surface area contributed by atoms with E-state index < -0.39 is 65.1 Å². The Hall–Kier alpha value is -2.89. The minimum Gasteiger partial charge on any atom is -0.388 e. The molecule has 0 unspecified atom stereocenters. The number of carbonyl (C=O) groups is 1. The van der Waals surface area contributed by atoms with Crippen LogP contribution in [0.3, 0.4) is 0 Å². The molecule has 156 valence electrons. The average Bonchev–Trinajstić information content (AvgIpc) is 2.66. The van der Waals surface area contributed by atoms with E-state index in [4.69, 9.17) is 4.74 Å². The normalized spacial score (nSPS) is 24.3. The summed E-state index contributed by atoms with van der Waals surface area (Å²) in [6.07, 6.45) is -3.25. The zero-order valence-electron chi connectivity index (χ0n) is 15.0. The fourth-order valence-corrected chi connectivity index (χ4v) is 3.07. The number of hydrogen-bond acceptors (Lipinski definition) is 6. The highest BCUT2D eigenvalue weighted by atomic mass is 19.1. The van der Waals surface area contributed by atoms with E-state index in [2.05, 4.69) is 10.3 Å². The molecule has 9 nitrogen and oxygen atoms in total. The van der Waals surface area contributed by atoms with Crippen molar-refractivity contribution in [3.8, 4) is 0 Å². The van der Waals surface area contributed by atoms with Crippen LogP contribution in [0.5, 0.6) is 0 Å². The summed E-state index contributed by atoms with van der Waals surface area (Å²) in [6.45, 7) is -0.346. The highest BCUT2D eigenvalue weighted by molar-refractivity contribution is 5.79. The Morgan fingerprint density at radius 1 is 1.21 bits per heavy atom. The molecule has 0 aliphatic carbocycles. The predicted molar refractivity (Wildman–Crippen MR) is 95.1 cm³/mol. The number of amides is 1. The van der Waals surface area contributed by atoms with E-state index in [1.807, 2.05) is 0 Å². The molecular weight excluding hydrogens is 392 g/mol. The second-order valence-electron chi connectivity index (χ2n) is 6.67. The Morgan fingerprint density at radius 3 is 2.55 bits per heavy atom. The molecule has 11 heteroatoms. The third-order valence-electron chi connectivity index (χ3n) is 4.65. The van der Waals surface area contributed by atoms with Crippen LogP contribution >= 0.6 is 0 Å². The van der Waals surface area contributed by atoms with E-state index >= 15 is 0 Å². The third kappa shape index (κ3) is 4.75. The van der Waals surface area contributed by atoms with Crippen LogP contribution in [-0.4, -0.2) is 56.6 Å². The van der Waals surface area contributed by atoms with Crippen molar-refractivity contribution in [1.82, 2.24) is 14.9 Å². The molecule has 4 atom stereocenters. The Kier molecular flexibility index (Phi) is 6.20. The summed E-state index contributed by atoms with van der Waals surface area (Å²) in [5.74, 6) is -2.50. The molecule has 4 N–H and O–H groups in total. The van der Waals surface area contributed by atoms with Crippen molar-refractivity contribution in [2.24, 2.45) is 0 Å². The van der Waals surface area contributed by atoms with E-state index in [1.165, 1.54) is 12.3 Å². The van der Waals surface area contributed by atoms with Gasteiger partial charge in [0, 0.05) is 17.8 Å². The quantitative estimate of drug-likeness (QED) is 0.482. The first-order chi connectivity index (χ1) is 13.8. The number of ether oxygens (including phenoxy) is 1. The maximum absolute atomic E-state index is 13.7. The Labute approximate surface area is 162 Å². The van der Waals surface area contributed by atoms with E-state index in [9.17, 15) is 33.4 Å². The van der Waals surface area contributed by atoms with Gasteiger partial charge < -0.3 is 20.3 Å². The number of benzene rings is 1. The van der Waals surface area contributed by atoms with Crippen molar-refractivity contribution in [1.29, 1.82) is 0 Å². The molecule has 1 fully saturated rings. The molecule has 29 heavy (non-hydrogen) atoms. The van der Waals surface area contributed by atoms with Gasteiger partial charge in [-0.3, -0.25) is 19.1 Å². The number of H-pyrrole nitrogens is 1. The molecule has 3 rings (SSSR count). The van der Waals surface area contributed by atoms with Crippen molar-refractivity contribution in [3.05, 3.63) is 68.5 Å². The van der Waals surface area contributed by atoms with Crippen LogP contribution in [-0.2, 0) is 22.5 Å². The fraction of sp³-hybridized carbons (Fsp3) is 0.389. The largest absolute Gasteiger partial charge is 0.388 e. The van der Waals surface area contributed by atoms with Gasteiger partial charge >= 0.3 is 5.69 Å². The van der Waals surface area contributed by atoms with Gasteiger partial charge in [-0.2, -0.15) is 0 Å². The van der Waals surface area contributed by atoms with E-state index in [-0.39, 0.29) is 13.2 Å². The van der Waals surface area contributed by atoms with Crippen LogP contribution in [0.15, 0.2) is 40.1 Å². The Morgan fingerprint density at radius 2 is 1.90 bits per heavy atom. The molecule has 1 aliphatic heterocycles. The summed E-state index contributed by atoms with van der Waals surface area (Å²) in [7, 11) is 0. The lowest BCUT2D eigenvalue weighted by molar-refractivity contribution is -0.158. The number of aliphatic hydroxyl groups is 2. The first kappa shape index (κ1) is 20.8. The highest BCUT2D eigenvalue weighted by Crippen LogP contribution is 2.18. The molecule has 0 saturated carbocycles. The summed E-state index contributed by atoms with van der Waals surface area (Å²) in [5.41, 5.74) is -1.69. The van der Waals surface area contributed by atoms with Gasteiger partial charge in [0.25, 0.3) is 5.56 Å². The smallest absolute Gasteiger partial charge is 0.328 e. The molecule has 0 radical (unpaired) electrons. The van der Waals surface area contributed by atoms with Crippen molar-refractivity contribution >= 4 is 5.91 Å². The number of carbonyl (C=O) groups excluding carboxylic acids is 1.